The fourth-order valence-corrected chi connectivity index (χ4v) is 2.34. The van der Waals surface area contributed by atoms with Gasteiger partial charge in [-0.05, 0) is 43.4 Å². The zero-order valence-electron chi connectivity index (χ0n) is 11.8. The topological polar surface area (TPSA) is 49.4 Å². The van der Waals surface area contributed by atoms with Crippen molar-refractivity contribution in [3.63, 3.8) is 0 Å². The summed E-state index contributed by atoms with van der Waals surface area (Å²) in [4.78, 5) is 25.4. The van der Waals surface area contributed by atoms with Crippen LogP contribution in [0.1, 0.15) is 48.5 Å². The van der Waals surface area contributed by atoms with Crippen LogP contribution in [0.15, 0.2) is 24.3 Å². The maximum absolute atomic E-state index is 11.9. The molecule has 4 heteroatoms. The molecule has 1 aromatic carbocycles. The van der Waals surface area contributed by atoms with Gasteiger partial charge in [0.15, 0.2) is 0 Å². The van der Waals surface area contributed by atoms with E-state index in [4.69, 9.17) is 0 Å². The largest absolute Gasteiger partial charge is 0.349 e. The average molecular weight is 272 g/mol. The third kappa shape index (κ3) is 3.18. The quantitative estimate of drug-likeness (QED) is 0.892. The van der Waals surface area contributed by atoms with E-state index >= 15 is 0 Å². The highest BCUT2D eigenvalue weighted by Crippen LogP contribution is 2.28. The van der Waals surface area contributed by atoms with Gasteiger partial charge in [-0.2, -0.15) is 0 Å². The van der Waals surface area contributed by atoms with E-state index in [0.717, 1.165) is 31.2 Å². The maximum atomic E-state index is 11.9. The third-order valence-corrected chi connectivity index (χ3v) is 3.87. The lowest BCUT2D eigenvalue weighted by Crippen LogP contribution is -2.30. The fourth-order valence-electron chi connectivity index (χ4n) is 2.34. The molecular formula is C16H20N2O2. The van der Waals surface area contributed by atoms with Gasteiger partial charge in [0, 0.05) is 31.1 Å². The summed E-state index contributed by atoms with van der Waals surface area (Å²) in [5.74, 6) is 0.132. The lowest BCUT2D eigenvalue weighted by molar-refractivity contribution is -0.130. The number of amides is 2. The molecule has 1 aromatic rings. The van der Waals surface area contributed by atoms with Crippen LogP contribution in [-0.4, -0.2) is 28.8 Å². The average Bonchev–Trinajstić information content (AvgIpc) is 3.30. The Morgan fingerprint density at radius 3 is 2.30 bits per heavy atom. The van der Waals surface area contributed by atoms with E-state index in [2.05, 4.69) is 5.32 Å². The summed E-state index contributed by atoms with van der Waals surface area (Å²) in [7, 11) is 0. The first-order valence-corrected chi connectivity index (χ1v) is 7.30. The number of benzene rings is 1. The second-order valence-corrected chi connectivity index (χ2v) is 5.82. The van der Waals surface area contributed by atoms with Gasteiger partial charge in [-0.15, -0.1) is 0 Å². The van der Waals surface area contributed by atoms with Crippen molar-refractivity contribution in [2.45, 2.75) is 51.2 Å². The van der Waals surface area contributed by atoms with Gasteiger partial charge in [-0.1, -0.05) is 12.1 Å². The third-order valence-electron chi connectivity index (χ3n) is 3.87. The minimum Gasteiger partial charge on any atom is -0.349 e. The van der Waals surface area contributed by atoms with Crippen LogP contribution in [-0.2, 0) is 11.3 Å². The standard InChI is InChI=1S/C16H20N2O2/c1-11(19)18(15-8-9-15)10-12-2-4-13(5-3-12)16(20)17-14-6-7-14/h2-5,14-15H,6-10H2,1H3,(H,17,20). The lowest BCUT2D eigenvalue weighted by atomic mass is 10.1. The molecular weight excluding hydrogens is 252 g/mol. The van der Waals surface area contributed by atoms with Crippen LogP contribution in [0.2, 0.25) is 0 Å². The van der Waals surface area contributed by atoms with Crippen LogP contribution >= 0.6 is 0 Å². The molecule has 0 radical (unpaired) electrons. The molecule has 0 aromatic heterocycles. The molecule has 2 aliphatic carbocycles. The van der Waals surface area contributed by atoms with Crippen LogP contribution < -0.4 is 5.32 Å². The van der Waals surface area contributed by atoms with E-state index in [9.17, 15) is 9.59 Å². The van der Waals surface area contributed by atoms with E-state index in [1.807, 2.05) is 29.2 Å². The van der Waals surface area contributed by atoms with Gasteiger partial charge >= 0.3 is 0 Å². The summed E-state index contributed by atoms with van der Waals surface area (Å²) in [6.45, 7) is 2.26. The van der Waals surface area contributed by atoms with E-state index in [-0.39, 0.29) is 11.8 Å². The summed E-state index contributed by atoms with van der Waals surface area (Å²) in [5.41, 5.74) is 1.77. The molecule has 0 unspecified atom stereocenters. The van der Waals surface area contributed by atoms with E-state index in [1.54, 1.807) is 6.92 Å². The van der Waals surface area contributed by atoms with Crippen LogP contribution in [0, 0.1) is 0 Å². The predicted octanol–water partition coefficient (Wildman–Crippen LogP) is 2.09. The second-order valence-electron chi connectivity index (χ2n) is 5.82. The van der Waals surface area contributed by atoms with Crippen molar-refractivity contribution in [3.8, 4) is 0 Å². The minimum absolute atomic E-state index is 0.00432. The Labute approximate surface area is 119 Å². The number of hydrogen-bond donors (Lipinski definition) is 1. The predicted molar refractivity (Wildman–Crippen MR) is 76.2 cm³/mol. The molecule has 0 atom stereocenters. The lowest BCUT2D eigenvalue weighted by Gasteiger charge is -2.20. The van der Waals surface area contributed by atoms with Gasteiger partial charge in [0.1, 0.15) is 0 Å². The Morgan fingerprint density at radius 2 is 1.80 bits per heavy atom. The Kier molecular flexibility index (Phi) is 3.47. The number of nitrogens with one attached hydrogen (secondary N) is 1. The molecule has 106 valence electrons. The van der Waals surface area contributed by atoms with Gasteiger partial charge in [-0.3, -0.25) is 9.59 Å². The van der Waals surface area contributed by atoms with Gasteiger partial charge in [-0.25, -0.2) is 0 Å². The van der Waals surface area contributed by atoms with Crippen LogP contribution in [0.3, 0.4) is 0 Å². The smallest absolute Gasteiger partial charge is 0.251 e. The number of rotatable bonds is 5. The van der Waals surface area contributed by atoms with E-state index in [0.29, 0.717) is 24.2 Å². The summed E-state index contributed by atoms with van der Waals surface area (Å²) in [5, 5.41) is 2.97. The zero-order chi connectivity index (χ0) is 14.1. The summed E-state index contributed by atoms with van der Waals surface area (Å²) in [6.07, 6.45) is 4.42. The molecule has 4 nitrogen and oxygen atoms in total. The van der Waals surface area contributed by atoms with E-state index < -0.39 is 0 Å². The van der Waals surface area contributed by atoms with Gasteiger partial charge < -0.3 is 10.2 Å². The minimum atomic E-state index is 0.00432. The van der Waals surface area contributed by atoms with Gasteiger partial charge in [0.2, 0.25) is 5.91 Å². The van der Waals surface area contributed by atoms with Crippen molar-refractivity contribution < 1.29 is 9.59 Å². The zero-order valence-corrected chi connectivity index (χ0v) is 11.8. The molecule has 0 saturated heterocycles. The molecule has 0 heterocycles. The highest BCUT2D eigenvalue weighted by molar-refractivity contribution is 5.94. The molecule has 2 aliphatic rings. The molecule has 3 rings (SSSR count). The van der Waals surface area contributed by atoms with Crippen LogP contribution in [0.4, 0.5) is 0 Å². The van der Waals surface area contributed by atoms with Crippen molar-refractivity contribution in [3.05, 3.63) is 35.4 Å². The monoisotopic (exact) mass is 272 g/mol. The first-order chi connectivity index (χ1) is 9.63. The summed E-state index contributed by atoms with van der Waals surface area (Å²) >= 11 is 0. The number of hydrogen-bond acceptors (Lipinski definition) is 2. The SMILES string of the molecule is CC(=O)N(Cc1ccc(C(=O)NC2CC2)cc1)C1CC1. The normalized spacial score (nSPS) is 17.6. The molecule has 20 heavy (non-hydrogen) atoms. The van der Waals surface area contributed by atoms with E-state index in [1.165, 1.54) is 0 Å². The van der Waals surface area contributed by atoms with Gasteiger partial charge in [0.05, 0.1) is 0 Å². The Bertz CT molecular complexity index is 516. The van der Waals surface area contributed by atoms with Crippen molar-refractivity contribution in [2.24, 2.45) is 0 Å². The molecule has 0 aliphatic heterocycles. The maximum Gasteiger partial charge on any atom is 0.251 e. The fraction of sp³-hybridized carbons (Fsp3) is 0.500. The highest BCUT2D eigenvalue weighted by Gasteiger charge is 2.30. The number of carbonyl (C=O) groups excluding carboxylic acids is 2. The van der Waals surface area contributed by atoms with Gasteiger partial charge in [0.25, 0.3) is 5.91 Å². The number of nitrogens with zero attached hydrogens (tertiary/aromatic N) is 1. The molecule has 2 saturated carbocycles. The molecule has 2 fully saturated rings. The van der Waals surface area contributed by atoms with Crippen molar-refractivity contribution in [1.29, 1.82) is 0 Å². The van der Waals surface area contributed by atoms with Crippen molar-refractivity contribution in [2.75, 3.05) is 0 Å². The molecule has 0 bridgehead atoms. The second kappa shape index (κ2) is 5.27. The van der Waals surface area contributed by atoms with Crippen LogP contribution in [0.25, 0.3) is 0 Å². The highest BCUT2D eigenvalue weighted by atomic mass is 16.2. The Balaban J connectivity index is 1.62. The molecule has 1 N–H and O–H groups in total. The summed E-state index contributed by atoms with van der Waals surface area (Å²) in [6, 6.07) is 8.38. The Morgan fingerprint density at radius 1 is 1.15 bits per heavy atom. The van der Waals surface area contributed by atoms with Crippen LogP contribution in [0.5, 0.6) is 0 Å². The van der Waals surface area contributed by atoms with Crippen molar-refractivity contribution >= 4 is 11.8 Å². The Hall–Kier alpha value is -1.84. The number of carbonyl (C=O) groups is 2. The van der Waals surface area contributed by atoms with Crippen molar-refractivity contribution in [1.82, 2.24) is 10.2 Å². The molecule has 0 spiro atoms. The first kappa shape index (κ1) is 13.2. The molecule has 2 amide bonds. The summed E-state index contributed by atoms with van der Waals surface area (Å²) < 4.78 is 0. The first-order valence-electron chi connectivity index (χ1n) is 7.30.